The zero-order valence-corrected chi connectivity index (χ0v) is 16.5. The Kier molecular flexibility index (Phi) is 6.23. The minimum Gasteiger partial charge on any atom is -0.338 e. The topological polar surface area (TPSA) is 66.4 Å². The molecule has 1 saturated heterocycles. The van der Waals surface area contributed by atoms with Crippen LogP contribution in [0.15, 0.2) is 34.1 Å². The number of amides is 2. The number of carbonyl (C=O) groups excluding carboxylic acids is 2. The van der Waals surface area contributed by atoms with Crippen LogP contribution >= 0.6 is 23.1 Å². The van der Waals surface area contributed by atoms with Gasteiger partial charge < -0.3 is 9.80 Å². The molecular weight excluding hydrogens is 413 g/mol. The molecule has 1 aliphatic rings. The summed E-state index contributed by atoms with van der Waals surface area (Å²) in [7, 11) is 0. The minimum atomic E-state index is -4.60. The Morgan fingerprint density at radius 1 is 1.14 bits per heavy atom. The lowest BCUT2D eigenvalue weighted by Gasteiger charge is -2.36. The predicted molar refractivity (Wildman–Crippen MR) is 99.2 cm³/mol. The van der Waals surface area contributed by atoms with E-state index in [1.54, 1.807) is 17.3 Å². The maximum atomic E-state index is 13.2. The number of carbonyl (C=O) groups is 2. The van der Waals surface area contributed by atoms with Gasteiger partial charge in [-0.25, -0.2) is 0 Å². The van der Waals surface area contributed by atoms with E-state index in [2.05, 4.69) is 10.2 Å². The smallest absolute Gasteiger partial charge is 0.338 e. The standard InChI is InChI=1S/C17H17F3N4O2S2/c1-11(28-16-22-21-10-27-16)14(25)23-6-8-24(9-7-23)15(26)12-4-2-3-5-13(12)17(18,19)20/h2-5,10-11H,6-9H2,1H3/t11-/m1/s1. The van der Waals surface area contributed by atoms with Crippen LogP contribution in [0.25, 0.3) is 0 Å². The van der Waals surface area contributed by atoms with Crippen molar-refractivity contribution in [3.63, 3.8) is 0 Å². The van der Waals surface area contributed by atoms with Crippen LogP contribution in [0.4, 0.5) is 13.2 Å². The molecule has 2 aromatic rings. The Bertz CT molecular complexity index is 837. The SMILES string of the molecule is C[C@@H](Sc1nncs1)C(=O)N1CCN(C(=O)c2ccccc2C(F)(F)F)CC1. The second-order valence-electron chi connectivity index (χ2n) is 6.13. The lowest BCUT2D eigenvalue weighted by molar-refractivity contribution is -0.138. The van der Waals surface area contributed by atoms with E-state index in [9.17, 15) is 22.8 Å². The third kappa shape index (κ3) is 4.64. The number of hydrogen-bond donors (Lipinski definition) is 0. The summed E-state index contributed by atoms with van der Waals surface area (Å²) in [6.07, 6.45) is -4.60. The first-order chi connectivity index (χ1) is 13.3. The number of rotatable bonds is 4. The van der Waals surface area contributed by atoms with Gasteiger partial charge in [0, 0.05) is 26.2 Å². The number of aromatic nitrogens is 2. The van der Waals surface area contributed by atoms with Crippen LogP contribution < -0.4 is 0 Å². The van der Waals surface area contributed by atoms with Crippen LogP contribution in [-0.4, -0.2) is 63.2 Å². The molecule has 0 unspecified atom stereocenters. The molecule has 1 atom stereocenters. The first-order valence-corrected chi connectivity index (χ1v) is 10.2. The average Bonchev–Trinajstić information content (AvgIpc) is 3.19. The Hall–Kier alpha value is -2.14. The molecule has 2 amide bonds. The van der Waals surface area contributed by atoms with Crippen LogP contribution in [0, 0.1) is 0 Å². The summed E-state index contributed by atoms with van der Waals surface area (Å²) in [6, 6.07) is 4.75. The van der Waals surface area contributed by atoms with Crippen molar-refractivity contribution in [2.45, 2.75) is 22.7 Å². The molecule has 0 N–H and O–H groups in total. The van der Waals surface area contributed by atoms with Crippen molar-refractivity contribution >= 4 is 34.9 Å². The molecule has 1 fully saturated rings. The van der Waals surface area contributed by atoms with Crippen molar-refractivity contribution in [1.82, 2.24) is 20.0 Å². The van der Waals surface area contributed by atoms with Crippen molar-refractivity contribution in [1.29, 1.82) is 0 Å². The molecular formula is C17H17F3N4O2S2. The van der Waals surface area contributed by atoms with E-state index in [4.69, 9.17) is 0 Å². The molecule has 0 saturated carbocycles. The van der Waals surface area contributed by atoms with Gasteiger partial charge in [0.05, 0.1) is 16.4 Å². The Balaban J connectivity index is 1.61. The highest BCUT2D eigenvalue weighted by Crippen LogP contribution is 2.32. The second kappa shape index (κ2) is 8.48. The van der Waals surface area contributed by atoms with Crippen LogP contribution in [-0.2, 0) is 11.0 Å². The van der Waals surface area contributed by atoms with E-state index in [0.717, 1.165) is 6.07 Å². The van der Waals surface area contributed by atoms with Gasteiger partial charge in [-0.05, 0) is 19.1 Å². The molecule has 0 radical (unpaired) electrons. The lowest BCUT2D eigenvalue weighted by Crippen LogP contribution is -2.52. The monoisotopic (exact) mass is 430 g/mol. The molecule has 6 nitrogen and oxygen atoms in total. The molecule has 28 heavy (non-hydrogen) atoms. The molecule has 0 spiro atoms. The molecule has 2 heterocycles. The summed E-state index contributed by atoms with van der Waals surface area (Å²) in [5.74, 6) is -0.765. The van der Waals surface area contributed by atoms with Crippen molar-refractivity contribution in [3.05, 3.63) is 40.9 Å². The van der Waals surface area contributed by atoms with Crippen LogP contribution in [0.1, 0.15) is 22.8 Å². The molecule has 3 rings (SSSR count). The van der Waals surface area contributed by atoms with Gasteiger partial charge in [-0.2, -0.15) is 13.2 Å². The van der Waals surface area contributed by atoms with E-state index >= 15 is 0 Å². The van der Waals surface area contributed by atoms with Crippen molar-refractivity contribution < 1.29 is 22.8 Å². The first kappa shape index (κ1) is 20.6. The van der Waals surface area contributed by atoms with Crippen molar-refractivity contribution in [2.24, 2.45) is 0 Å². The summed E-state index contributed by atoms with van der Waals surface area (Å²) in [6.45, 7) is 2.70. The highest BCUT2D eigenvalue weighted by molar-refractivity contribution is 8.02. The van der Waals surface area contributed by atoms with Crippen LogP contribution in [0.3, 0.4) is 0 Å². The fourth-order valence-corrected chi connectivity index (χ4v) is 4.60. The largest absolute Gasteiger partial charge is 0.417 e. The summed E-state index contributed by atoms with van der Waals surface area (Å²) in [5.41, 5.74) is 0.276. The number of hydrogen-bond acceptors (Lipinski definition) is 6. The Morgan fingerprint density at radius 2 is 1.79 bits per heavy atom. The summed E-state index contributed by atoms with van der Waals surface area (Å²) in [4.78, 5) is 28.1. The van der Waals surface area contributed by atoms with Gasteiger partial charge in [-0.3, -0.25) is 9.59 Å². The summed E-state index contributed by atoms with van der Waals surface area (Å²) >= 11 is 2.65. The lowest BCUT2D eigenvalue weighted by atomic mass is 10.1. The third-order valence-corrected chi connectivity index (χ3v) is 6.21. The second-order valence-corrected chi connectivity index (χ2v) is 8.55. The molecule has 0 aliphatic carbocycles. The molecule has 1 aromatic carbocycles. The highest BCUT2D eigenvalue weighted by atomic mass is 32.2. The number of piperazine rings is 1. The van der Waals surface area contributed by atoms with Crippen LogP contribution in [0.5, 0.6) is 0 Å². The molecule has 1 aromatic heterocycles. The molecule has 150 valence electrons. The van der Waals surface area contributed by atoms with Crippen LogP contribution in [0.2, 0.25) is 0 Å². The molecule has 11 heteroatoms. The normalized spacial score (nSPS) is 16.1. The number of alkyl halides is 3. The molecule has 1 aliphatic heterocycles. The van der Waals surface area contributed by atoms with E-state index in [-0.39, 0.29) is 42.9 Å². The third-order valence-electron chi connectivity index (χ3n) is 4.31. The van der Waals surface area contributed by atoms with Gasteiger partial charge in [0.2, 0.25) is 5.91 Å². The fraction of sp³-hybridized carbons (Fsp3) is 0.412. The van der Waals surface area contributed by atoms with Gasteiger partial charge in [-0.15, -0.1) is 10.2 Å². The van der Waals surface area contributed by atoms with E-state index in [1.165, 1.54) is 46.2 Å². The van der Waals surface area contributed by atoms with Gasteiger partial charge in [0.25, 0.3) is 5.91 Å². The predicted octanol–water partition coefficient (Wildman–Crippen LogP) is 3.02. The number of nitrogens with zero attached hydrogens (tertiary/aromatic N) is 4. The molecule has 0 bridgehead atoms. The van der Waals surface area contributed by atoms with E-state index in [1.807, 2.05) is 0 Å². The average molecular weight is 430 g/mol. The van der Waals surface area contributed by atoms with E-state index < -0.39 is 17.6 Å². The maximum Gasteiger partial charge on any atom is 0.417 e. The van der Waals surface area contributed by atoms with Crippen molar-refractivity contribution in [2.75, 3.05) is 26.2 Å². The Labute approximate surface area is 167 Å². The van der Waals surface area contributed by atoms with Gasteiger partial charge in [0.1, 0.15) is 5.51 Å². The van der Waals surface area contributed by atoms with E-state index in [0.29, 0.717) is 4.34 Å². The fourth-order valence-electron chi connectivity index (χ4n) is 2.89. The summed E-state index contributed by atoms with van der Waals surface area (Å²) in [5, 5.41) is 7.26. The maximum absolute atomic E-state index is 13.2. The number of thioether (sulfide) groups is 1. The zero-order chi connectivity index (χ0) is 20.3. The first-order valence-electron chi connectivity index (χ1n) is 8.44. The number of benzene rings is 1. The van der Waals surface area contributed by atoms with Crippen molar-refractivity contribution in [3.8, 4) is 0 Å². The Morgan fingerprint density at radius 3 is 2.39 bits per heavy atom. The highest BCUT2D eigenvalue weighted by Gasteiger charge is 2.36. The number of halogens is 3. The zero-order valence-electron chi connectivity index (χ0n) is 14.8. The minimum absolute atomic E-state index is 0.0945. The quantitative estimate of drug-likeness (QED) is 0.698. The van der Waals surface area contributed by atoms with Gasteiger partial charge in [0.15, 0.2) is 4.34 Å². The van der Waals surface area contributed by atoms with Gasteiger partial charge >= 0.3 is 6.18 Å². The summed E-state index contributed by atoms with van der Waals surface area (Å²) < 4.78 is 40.2. The van der Waals surface area contributed by atoms with Gasteiger partial charge in [-0.1, -0.05) is 35.2 Å².